The first kappa shape index (κ1) is 11.5. The maximum Gasteiger partial charge on any atom is 0.315 e. The SMILES string of the molecule is O=C(NCc1ccccc1Br)NC1CCC1. The van der Waals surface area contributed by atoms with Gasteiger partial charge in [0.25, 0.3) is 0 Å². The Morgan fingerprint density at radius 3 is 2.75 bits per heavy atom. The molecule has 0 spiro atoms. The highest BCUT2D eigenvalue weighted by molar-refractivity contribution is 9.10. The molecule has 1 fully saturated rings. The first-order chi connectivity index (χ1) is 7.75. The van der Waals surface area contributed by atoms with Crippen LogP contribution in [-0.4, -0.2) is 12.1 Å². The molecule has 2 N–H and O–H groups in total. The Hall–Kier alpha value is -1.03. The Kier molecular flexibility index (Phi) is 3.83. The van der Waals surface area contributed by atoms with Crippen LogP contribution in [0.5, 0.6) is 0 Å². The third kappa shape index (κ3) is 2.98. The summed E-state index contributed by atoms with van der Waals surface area (Å²) in [5, 5.41) is 5.80. The van der Waals surface area contributed by atoms with Crippen LogP contribution in [0.25, 0.3) is 0 Å². The number of halogens is 1. The topological polar surface area (TPSA) is 41.1 Å². The molecule has 0 aromatic heterocycles. The molecule has 1 saturated carbocycles. The lowest BCUT2D eigenvalue weighted by Gasteiger charge is -2.26. The van der Waals surface area contributed by atoms with E-state index in [0.717, 1.165) is 22.9 Å². The van der Waals surface area contributed by atoms with Gasteiger partial charge in [0.15, 0.2) is 0 Å². The molecular weight excluding hydrogens is 268 g/mol. The van der Waals surface area contributed by atoms with Crippen LogP contribution < -0.4 is 10.6 Å². The lowest BCUT2D eigenvalue weighted by molar-refractivity contribution is 0.228. The molecule has 1 aromatic rings. The van der Waals surface area contributed by atoms with E-state index in [2.05, 4.69) is 26.6 Å². The Morgan fingerprint density at radius 1 is 1.38 bits per heavy atom. The van der Waals surface area contributed by atoms with Crippen molar-refractivity contribution in [2.24, 2.45) is 0 Å². The van der Waals surface area contributed by atoms with E-state index in [1.54, 1.807) is 0 Å². The molecule has 0 atom stereocenters. The zero-order valence-corrected chi connectivity index (χ0v) is 10.6. The fourth-order valence-electron chi connectivity index (χ4n) is 1.61. The summed E-state index contributed by atoms with van der Waals surface area (Å²) in [6.07, 6.45) is 3.46. The van der Waals surface area contributed by atoms with Gasteiger partial charge in [-0.05, 0) is 30.9 Å². The number of rotatable bonds is 3. The van der Waals surface area contributed by atoms with Gasteiger partial charge in [-0.3, -0.25) is 0 Å². The standard InChI is InChI=1S/C12H15BrN2O/c13-11-7-2-1-4-9(11)8-14-12(16)15-10-5-3-6-10/h1-2,4,7,10H,3,5-6,8H2,(H2,14,15,16). The molecule has 0 heterocycles. The molecule has 0 unspecified atom stereocenters. The Morgan fingerprint density at radius 2 is 2.12 bits per heavy atom. The minimum atomic E-state index is -0.0690. The second-order valence-electron chi connectivity index (χ2n) is 4.05. The highest BCUT2D eigenvalue weighted by atomic mass is 79.9. The summed E-state index contributed by atoms with van der Waals surface area (Å²) in [4.78, 5) is 11.5. The molecule has 2 rings (SSSR count). The van der Waals surface area contributed by atoms with Crippen molar-refractivity contribution in [3.05, 3.63) is 34.3 Å². The maximum atomic E-state index is 11.5. The van der Waals surface area contributed by atoms with E-state index >= 15 is 0 Å². The van der Waals surface area contributed by atoms with Crippen LogP contribution in [0.2, 0.25) is 0 Å². The fraction of sp³-hybridized carbons (Fsp3) is 0.417. The predicted molar refractivity (Wildman–Crippen MR) is 67.2 cm³/mol. The van der Waals surface area contributed by atoms with Crippen LogP contribution in [0.3, 0.4) is 0 Å². The average molecular weight is 283 g/mol. The number of nitrogens with one attached hydrogen (secondary N) is 2. The number of carbonyl (C=O) groups is 1. The molecule has 0 aliphatic heterocycles. The summed E-state index contributed by atoms with van der Waals surface area (Å²) < 4.78 is 1.03. The molecule has 0 radical (unpaired) electrons. The summed E-state index contributed by atoms with van der Waals surface area (Å²) in [7, 11) is 0. The summed E-state index contributed by atoms with van der Waals surface area (Å²) in [6, 6.07) is 8.21. The van der Waals surface area contributed by atoms with Gasteiger partial charge in [0.05, 0.1) is 0 Å². The van der Waals surface area contributed by atoms with Gasteiger partial charge in [0.2, 0.25) is 0 Å². The van der Waals surface area contributed by atoms with Crippen LogP contribution in [0, 0.1) is 0 Å². The first-order valence-corrected chi connectivity index (χ1v) is 6.33. The zero-order chi connectivity index (χ0) is 11.4. The van der Waals surface area contributed by atoms with Crippen molar-refractivity contribution in [3.8, 4) is 0 Å². The minimum Gasteiger partial charge on any atom is -0.335 e. The molecule has 1 aliphatic carbocycles. The van der Waals surface area contributed by atoms with E-state index in [1.807, 2.05) is 24.3 Å². The lowest BCUT2D eigenvalue weighted by Crippen LogP contribution is -2.44. The van der Waals surface area contributed by atoms with Crippen LogP contribution in [0.1, 0.15) is 24.8 Å². The molecule has 4 heteroatoms. The van der Waals surface area contributed by atoms with Crippen LogP contribution in [-0.2, 0) is 6.54 Å². The Balaban J connectivity index is 1.78. The molecule has 2 amide bonds. The summed E-state index contributed by atoms with van der Waals surface area (Å²) in [6.45, 7) is 0.556. The van der Waals surface area contributed by atoms with Gasteiger partial charge >= 0.3 is 6.03 Å². The highest BCUT2D eigenvalue weighted by Gasteiger charge is 2.18. The second kappa shape index (κ2) is 5.34. The predicted octanol–water partition coefficient (Wildman–Crippen LogP) is 2.80. The van der Waals surface area contributed by atoms with E-state index < -0.39 is 0 Å². The van der Waals surface area contributed by atoms with Crippen molar-refractivity contribution >= 4 is 22.0 Å². The fourth-order valence-corrected chi connectivity index (χ4v) is 2.03. The van der Waals surface area contributed by atoms with Crippen molar-refractivity contribution in [2.45, 2.75) is 31.8 Å². The largest absolute Gasteiger partial charge is 0.335 e. The van der Waals surface area contributed by atoms with Crippen molar-refractivity contribution in [1.29, 1.82) is 0 Å². The minimum absolute atomic E-state index is 0.0690. The van der Waals surface area contributed by atoms with Gasteiger partial charge in [-0.15, -0.1) is 0 Å². The molecule has 0 bridgehead atoms. The third-order valence-electron chi connectivity index (χ3n) is 2.84. The first-order valence-electron chi connectivity index (χ1n) is 5.53. The molecule has 1 aliphatic rings. The number of urea groups is 1. The van der Waals surface area contributed by atoms with Gasteiger partial charge < -0.3 is 10.6 Å². The van der Waals surface area contributed by atoms with Gasteiger partial charge in [-0.25, -0.2) is 4.79 Å². The van der Waals surface area contributed by atoms with Crippen molar-refractivity contribution < 1.29 is 4.79 Å². The van der Waals surface area contributed by atoms with Crippen molar-refractivity contribution in [1.82, 2.24) is 10.6 Å². The number of carbonyl (C=O) groups excluding carboxylic acids is 1. The molecular formula is C12H15BrN2O. The molecule has 3 nitrogen and oxygen atoms in total. The molecule has 1 aromatic carbocycles. The lowest BCUT2D eigenvalue weighted by atomic mass is 9.93. The number of hydrogen-bond acceptors (Lipinski definition) is 1. The van der Waals surface area contributed by atoms with Crippen molar-refractivity contribution in [2.75, 3.05) is 0 Å². The Labute approximate surface area is 104 Å². The highest BCUT2D eigenvalue weighted by Crippen LogP contribution is 2.18. The molecule has 16 heavy (non-hydrogen) atoms. The van der Waals surface area contributed by atoms with E-state index in [0.29, 0.717) is 12.6 Å². The Bertz CT molecular complexity index is 377. The van der Waals surface area contributed by atoms with Gasteiger partial charge in [0, 0.05) is 17.1 Å². The van der Waals surface area contributed by atoms with Gasteiger partial charge in [-0.1, -0.05) is 34.1 Å². The third-order valence-corrected chi connectivity index (χ3v) is 3.61. The molecule has 0 saturated heterocycles. The van der Waals surface area contributed by atoms with Gasteiger partial charge in [-0.2, -0.15) is 0 Å². The zero-order valence-electron chi connectivity index (χ0n) is 9.00. The second-order valence-corrected chi connectivity index (χ2v) is 4.90. The van der Waals surface area contributed by atoms with Gasteiger partial charge in [0.1, 0.15) is 0 Å². The number of hydrogen-bond donors (Lipinski definition) is 2. The van der Waals surface area contributed by atoms with Crippen LogP contribution >= 0.6 is 15.9 Å². The van der Waals surface area contributed by atoms with Crippen LogP contribution in [0.4, 0.5) is 4.79 Å². The quantitative estimate of drug-likeness (QED) is 0.880. The van der Waals surface area contributed by atoms with E-state index in [9.17, 15) is 4.79 Å². The van der Waals surface area contributed by atoms with E-state index in [1.165, 1.54) is 6.42 Å². The average Bonchev–Trinajstić information content (AvgIpc) is 2.22. The maximum absolute atomic E-state index is 11.5. The summed E-state index contributed by atoms with van der Waals surface area (Å²) >= 11 is 3.45. The van der Waals surface area contributed by atoms with Crippen LogP contribution in [0.15, 0.2) is 28.7 Å². The monoisotopic (exact) mass is 282 g/mol. The smallest absolute Gasteiger partial charge is 0.315 e. The summed E-state index contributed by atoms with van der Waals surface area (Å²) in [5.41, 5.74) is 1.09. The van der Waals surface area contributed by atoms with E-state index in [-0.39, 0.29) is 6.03 Å². The normalized spacial score (nSPS) is 15.3. The number of benzene rings is 1. The van der Waals surface area contributed by atoms with Crippen molar-refractivity contribution in [3.63, 3.8) is 0 Å². The van der Waals surface area contributed by atoms with E-state index in [4.69, 9.17) is 0 Å². The molecule has 86 valence electrons. The summed E-state index contributed by atoms with van der Waals surface area (Å²) in [5.74, 6) is 0. The number of amides is 2.